The van der Waals surface area contributed by atoms with E-state index in [1.807, 2.05) is 35.2 Å². The van der Waals surface area contributed by atoms with Crippen molar-refractivity contribution in [2.45, 2.75) is 90.5 Å². The third kappa shape index (κ3) is 14.9. The van der Waals surface area contributed by atoms with Gasteiger partial charge in [0.2, 0.25) is 0 Å². The molecule has 0 radical (unpaired) electrons. The highest BCUT2D eigenvalue weighted by atomic mass is 31.2. The first-order valence-electron chi connectivity index (χ1n) is 10.7. The highest BCUT2D eigenvalue weighted by Crippen LogP contribution is 2.38. The zero-order valence-electron chi connectivity index (χ0n) is 17.0. The topological polar surface area (TPSA) is 62.5 Å². The Balaban J connectivity index is 1.88. The van der Waals surface area contributed by atoms with Crippen LogP contribution in [0.5, 0.6) is 0 Å². The molecule has 1 atom stereocenters. The number of hydrogen-bond donors (Lipinski definition) is 0. The van der Waals surface area contributed by atoms with Gasteiger partial charge in [-0.05, 0) is 6.42 Å². The van der Waals surface area contributed by atoms with E-state index in [-0.39, 0.29) is 13.2 Å². The lowest BCUT2D eigenvalue weighted by Gasteiger charge is -2.21. The highest BCUT2D eigenvalue weighted by Gasteiger charge is 2.10. The summed E-state index contributed by atoms with van der Waals surface area (Å²) in [5.41, 5.74) is 0. The van der Waals surface area contributed by atoms with Crippen LogP contribution in [0.25, 0.3) is 0 Å². The number of unbranched alkanes of at least 4 members (excludes halogenated alkanes) is 11. The van der Waals surface area contributed by atoms with E-state index in [0.717, 1.165) is 19.3 Å². The Hall–Kier alpha value is -0.740. The van der Waals surface area contributed by atoms with Crippen molar-refractivity contribution in [3.63, 3.8) is 0 Å². The predicted molar refractivity (Wildman–Crippen MR) is 107 cm³/mol. The number of nitrogens with zero attached hydrogens (tertiary/aromatic N) is 1. The molecule has 1 unspecified atom stereocenters. The van der Waals surface area contributed by atoms with E-state index in [4.69, 9.17) is 9.05 Å². The van der Waals surface area contributed by atoms with Gasteiger partial charge in [0, 0.05) is 12.1 Å². The summed E-state index contributed by atoms with van der Waals surface area (Å²) in [4.78, 5) is 11.7. The molecule has 1 aromatic heterocycles. The number of rotatable bonds is 18. The smallest absolute Gasteiger partial charge is 0.268 e. The second-order valence-corrected chi connectivity index (χ2v) is 8.53. The second-order valence-electron chi connectivity index (χ2n) is 7.12. The minimum atomic E-state index is -4.18. The zero-order valence-corrected chi connectivity index (χ0v) is 17.9. The molecular weight excluding hydrogens is 361 g/mol. The van der Waals surface area contributed by atoms with Crippen molar-refractivity contribution in [2.24, 2.45) is 0 Å². The fourth-order valence-corrected chi connectivity index (χ4v) is 3.73. The lowest BCUT2D eigenvalue weighted by atomic mass is 10.1. The van der Waals surface area contributed by atoms with Crippen molar-refractivity contribution in [1.29, 1.82) is 0 Å². The summed E-state index contributed by atoms with van der Waals surface area (Å²) in [6.07, 6.45) is 18.7. The first-order chi connectivity index (χ1) is 13.1. The molecule has 0 aromatic carbocycles. The quantitative estimate of drug-likeness (QED) is 0.194. The van der Waals surface area contributed by atoms with Gasteiger partial charge >= 0.3 is 0 Å². The molecule has 1 heterocycles. The molecule has 0 spiro atoms. The van der Waals surface area contributed by atoms with Crippen LogP contribution in [0.3, 0.4) is 0 Å². The van der Waals surface area contributed by atoms with Crippen molar-refractivity contribution in [3.8, 4) is 0 Å². The first kappa shape index (κ1) is 24.3. The van der Waals surface area contributed by atoms with Gasteiger partial charge in [0.25, 0.3) is 7.82 Å². The van der Waals surface area contributed by atoms with Gasteiger partial charge in [0.1, 0.15) is 6.61 Å². The summed E-state index contributed by atoms with van der Waals surface area (Å²) in [7, 11) is -4.18. The maximum absolute atomic E-state index is 11.7. The van der Waals surface area contributed by atoms with Crippen molar-refractivity contribution in [3.05, 3.63) is 30.6 Å². The molecule has 0 aliphatic carbocycles. The molecule has 0 bridgehead atoms. The van der Waals surface area contributed by atoms with E-state index in [2.05, 4.69) is 6.92 Å². The van der Waals surface area contributed by atoms with Gasteiger partial charge in [-0.1, -0.05) is 83.6 Å². The van der Waals surface area contributed by atoms with E-state index in [1.165, 1.54) is 57.8 Å². The fraction of sp³-hybridized carbons (Fsp3) is 0.762. The van der Waals surface area contributed by atoms with Gasteiger partial charge in [-0.2, -0.15) is 0 Å². The molecule has 1 aromatic rings. The largest absolute Gasteiger partial charge is 0.756 e. The van der Waals surface area contributed by atoms with Crippen LogP contribution in [-0.4, -0.2) is 13.2 Å². The van der Waals surface area contributed by atoms with Crippen molar-refractivity contribution >= 4 is 7.82 Å². The molecule has 156 valence electrons. The van der Waals surface area contributed by atoms with Gasteiger partial charge in [-0.3, -0.25) is 4.57 Å². The minimum absolute atomic E-state index is 0.0912. The third-order valence-electron chi connectivity index (χ3n) is 4.62. The summed E-state index contributed by atoms with van der Waals surface area (Å²) in [6.45, 7) is 3.04. The maximum Gasteiger partial charge on any atom is 0.268 e. The van der Waals surface area contributed by atoms with Crippen LogP contribution in [0.1, 0.15) is 84.0 Å². The normalized spacial score (nSPS) is 13.6. The molecule has 0 aliphatic rings. The van der Waals surface area contributed by atoms with E-state index >= 15 is 0 Å². The Morgan fingerprint density at radius 1 is 0.741 bits per heavy atom. The minimum Gasteiger partial charge on any atom is -0.756 e. The number of hydrogen-bond acceptors (Lipinski definition) is 4. The Labute approximate surface area is 165 Å². The third-order valence-corrected chi connectivity index (χ3v) is 5.62. The van der Waals surface area contributed by atoms with Gasteiger partial charge in [0.15, 0.2) is 18.9 Å². The molecule has 5 nitrogen and oxygen atoms in total. The Morgan fingerprint density at radius 2 is 1.22 bits per heavy atom. The van der Waals surface area contributed by atoms with Gasteiger partial charge in [0.05, 0.1) is 6.61 Å². The maximum atomic E-state index is 11.7. The Morgan fingerprint density at radius 3 is 1.78 bits per heavy atom. The highest BCUT2D eigenvalue weighted by molar-refractivity contribution is 7.45. The SMILES string of the molecule is CCCCCCCCCCCCCCOP(=O)([O-])OCC[n+]1ccccc1. The first-order valence-corrected chi connectivity index (χ1v) is 12.1. The van der Waals surface area contributed by atoms with E-state index < -0.39 is 7.82 Å². The summed E-state index contributed by atoms with van der Waals surface area (Å²) in [6, 6.07) is 5.69. The summed E-state index contributed by atoms with van der Waals surface area (Å²) >= 11 is 0. The molecule has 0 saturated carbocycles. The van der Waals surface area contributed by atoms with Gasteiger partial charge in [-0.15, -0.1) is 0 Å². The summed E-state index contributed by atoms with van der Waals surface area (Å²) in [5, 5.41) is 0. The van der Waals surface area contributed by atoms with E-state index in [9.17, 15) is 9.46 Å². The van der Waals surface area contributed by atoms with Crippen LogP contribution in [0.2, 0.25) is 0 Å². The molecular formula is C21H38NO4P. The number of phosphoric ester groups is 1. The molecule has 0 fully saturated rings. The standard InChI is InChI=1S/C21H38NO4P/c1-2-3-4-5-6-7-8-9-10-11-12-16-20-25-27(23,24)26-21-19-22-17-14-13-15-18-22/h13-15,17-18H,2-12,16,19-21H2,1H3. The van der Waals surface area contributed by atoms with Crippen LogP contribution < -0.4 is 9.46 Å². The van der Waals surface area contributed by atoms with Crippen molar-refractivity contribution < 1.29 is 23.1 Å². The Kier molecular flexibility index (Phi) is 14.6. The van der Waals surface area contributed by atoms with Gasteiger partial charge in [-0.25, -0.2) is 4.57 Å². The summed E-state index contributed by atoms with van der Waals surface area (Å²) < 4.78 is 23.4. The average molecular weight is 400 g/mol. The molecule has 0 saturated heterocycles. The number of aromatic nitrogens is 1. The predicted octanol–water partition coefficient (Wildman–Crippen LogP) is 5.18. The lowest BCUT2D eigenvalue weighted by molar-refractivity contribution is -0.697. The van der Waals surface area contributed by atoms with Crippen molar-refractivity contribution in [1.82, 2.24) is 0 Å². The summed E-state index contributed by atoms with van der Waals surface area (Å²) in [5.74, 6) is 0. The van der Waals surface area contributed by atoms with Crippen LogP contribution in [0.15, 0.2) is 30.6 Å². The zero-order chi connectivity index (χ0) is 19.6. The Bertz CT molecular complexity index is 498. The molecule has 6 heteroatoms. The monoisotopic (exact) mass is 399 g/mol. The van der Waals surface area contributed by atoms with Crippen LogP contribution in [-0.2, 0) is 20.2 Å². The lowest BCUT2D eigenvalue weighted by Crippen LogP contribution is -2.34. The van der Waals surface area contributed by atoms with Crippen molar-refractivity contribution in [2.75, 3.05) is 13.2 Å². The molecule has 0 aliphatic heterocycles. The fourth-order valence-electron chi connectivity index (χ4n) is 3.00. The molecule has 1 rings (SSSR count). The van der Waals surface area contributed by atoms with Crippen LogP contribution in [0.4, 0.5) is 0 Å². The number of phosphoric acid groups is 1. The molecule has 27 heavy (non-hydrogen) atoms. The van der Waals surface area contributed by atoms with E-state index in [0.29, 0.717) is 6.54 Å². The van der Waals surface area contributed by atoms with Crippen LogP contribution >= 0.6 is 7.82 Å². The average Bonchev–Trinajstić information content (AvgIpc) is 2.66. The molecule has 0 N–H and O–H groups in total. The molecule has 0 amide bonds. The van der Waals surface area contributed by atoms with E-state index in [1.54, 1.807) is 0 Å². The second kappa shape index (κ2) is 16.2. The number of pyridine rings is 1. The van der Waals surface area contributed by atoms with Gasteiger partial charge < -0.3 is 13.9 Å². The van der Waals surface area contributed by atoms with Crippen LogP contribution in [0, 0.1) is 0 Å².